The lowest BCUT2D eigenvalue weighted by Crippen LogP contribution is -2.44. The van der Waals surface area contributed by atoms with Gasteiger partial charge in [-0.1, -0.05) is 22.9 Å². The van der Waals surface area contributed by atoms with E-state index in [1.165, 1.54) is 11.4 Å². The first-order valence-corrected chi connectivity index (χ1v) is 8.61. The average molecular weight is 364 g/mol. The van der Waals surface area contributed by atoms with E-state index in [2.05, 4.69) is 15.9 Å². The zero-order valence-electron chi connectivity index (χ0n) is 11.4. The monoisotopic (exact) mass is 363 g/mol. The molecule has 20 heavy (non-hydrogen) atoms. The van der Waals surface area contributed by atoms with Crippen LogP contribution in [0.2, 0.25) is 0 Å². The smallest absolute Gasteiger partial charge is 0.246 e. The number of nitrogens with zero attached hydrogens (tertiary/aromatic N) is 1. The van der Waals surface area contributed by atoms with Crippen molar-refractivity contribution >= 4 is 26.0 Å². The highest BCUT2D eigenvalue weighted by molar-refractivity contribution is 9.10. The molecule has 112 valence electrons. The third kappa shape index (κ3) is 3.00. The molecule has 5 nitrogen and oxygen atoms in total. The molecule has 2 atom stereocenters. The topological polar surface area (TPSA) is 66.8 Å². The molecule has 1 saturated heterocycles. The maximum Gasteiger partial charge on any atom is 0.246 e. The second kappa shape index (κ2) is 6.01. The minimum atomic E-state index is -3.62. The molecule has 1 aromatic rings. The van der Waals surface area contributed by atoms with Gasteiger partial charge in [-0.2, -0.15) is 4.31 Å². The number of piperidine rings is 1. The lowest BCUT2D eigenvalue weighted by molar-refractivity contribution is 0.0628. The van der Waals surface area contributed by atoms with Crippen molar-refractivity contribution in [2.24, 2.45) is 5.92 Å². The van der Waals surface area contributed by atoms with Crippen molar-refractivity contribution in [1.29, 1.82) is 0 Å². The summed E-state index contributed by atoms with van der Waals surface area (Å²) >= 11 is 3.28. The minimum Gasteiger partial charge on any atom is -0.495 e. The molecule has 2 unspecified atom stereocenters. The largest absolute Gasteiger partial charge is 0.495 e. The van der Waals surface area contributed by atoms with Crippen LogP contribution in [0.4, 0.5) is 0 Å². The van der Waals surface area contributed by atoms with Crippen LogP contribution in [0.3, 0.4) is 0 Å². The number of aliphatic hydroxyl groups excluding tert-OH is 1. The highest BCUT2D eigenvalue weighted by Gasteiger charge is 2.34. The van der Waals surface area contributed by atoms with E-state index in [9.17, 15) is 13.5 Å². The molecule has 0 saturated carbocycles. The maximum atomic E-state index is 12.7. The molecule has 1 heterocycles. The number of aliphatic hydroxyl groups is 1. The van der Waals surface area contributed by atoms with Gasteiger partial charge in [0.25, 0.3) is 0 Å². The van der Waals surface area contributed by atoms with Crippen molar-refractivity contribution in [2.75, 3.05) is 20.2 Å². The number of sulfonamides is 1. The summed E-state index contributed by atoms with van der Waals surface area (Å²) < 4.78 is 32.7. The molecule has 0 aromatic heterocycles. The molecule has 1 aromatic carbocycles. The molecule has 7 heteroatoms. The summed E-state index contributed by atoms with van der Waals surface area (Å²) in [5, 5.41) is 9.72. The van der Waals surface area contributed by atoms with Gasteiger partial charge < -0.3 is 9.84 Å². The molecule has 1 aliphatic heterocycles. The number of ether oxygens (including phenoxy) is 1. The van der Waals surface area contributed by atoms with Crippen LogP contribution in [-0.4, -0.2) is 44.1 Å². The van der Waals surface area contributed by atoms with Crippen LogP contribution in [-0.2, 0) is 10.0 Å². The lowest BCUT2D eigenvalue weighted by atomic mass is 9.99. The molecule has 1 fully saturated rings. The van der Waals surface area contributed by atoms with E-state index in [0.29, 0.717) is 29.7 Å². The van der Waals surface area contributed by atoms with Gasteiger partial charge in [-0.15, -0.1) is 0 Å². The van der Waals surface area contributed by atoms with Gasteiger partial charge >= 0.3 is 0 Å². The summed E-state index contributed by atoms with van der Waals surface area (Å²) in [5.74, 6) is 0.253. The quantitative estimate of drug-likeness (QED) is 0.889. The SMILES string of the molecule is COc1ccc(Br)cc1S(=O)(=O)N1CCC(O)C(C)C1. The Morgan fingerprint density at radius 3 is 2.75 bits per heavy atom. The lowest BCUT2D eigenvalue weighted by Gasteiger charge is -2.33. The number of methoxy groups -OCH3 is 1. The summed E-state index contributed by atoms with van der Waals surface area (Å²) in [7, 11) is -2.17. The Balaban J connectivity index is 2.38. The third-order valence-corrected chi connectivity index (χ3v) is 5.95. The molecule has 2 rings (SSSR count). The molecule has 1 N–H and O–H groups in total. The maximum absolute atomic E-state index is 12.7. The first-order valence-electron chi connectivity index (χ1n) is 6.38. The Kier molecular flexibility index (Phi) is 4.73. The van der Waals surface area contributed by atoms with E-state index >= 15 is 0 Å². The van der Waals surface area contributed by atoms with Gasteiger partial charge in [0.1, 0.15) is 10.6 Å². The van der Waals surface area contributed by atoms with Crippen LogP contribution < -0.4 is 4.74 Å². The molecule has 0 spiro atoms. The van der Waals surface area contributed by atoms with E-state index in [1.807, 2.05) is 6.92 Å². The first kappa shape index (κ1) is 15.8. The second-order valence-electron chi connectivity index (χ2n) is 4.99. The Labute approximate surface area is 127 Å². The van der Waals surface area contributed by atoms with Crippen LogP contribution in [0.25, 0.3) is 0 Å². The predicted molar refractivity (Wildman–Crippen MR) is 79.2 cm³/mol. The Morgan fingerprint density at radius 2 is 2.15 bits per heavy atom. The van der Waals surface area contributed by atoms with Crippen molar-refractivity contribution in [2.45, 2.75) is 24.3 Å². The van der Waals surface area contributed by atoms with E-state index < -0.39 is 16.1 Å². The van der Waals surface area contributed by atoms with Gasteiger partial charge in [-0.25, -0.2) is 8.42 Å². The number of rotatable bonds is 3. The van der Waals surface area contributed by atoms with Gasteiger partial charge in [0.05, 0.1) is 13.2 Å². The van der Waals surface area contributed by atoms with Crippen molar-refractivity contribution in [3.8, 4) is 5.75 Å². The normalized spacial score (nSPS) is 24.6. The summed E-state index contributed by atoms with van der Waals surface area (Å²) in [6, 6.07) is 4.91. The first-order chi connectivity index (χ1) is 9.36. The predicted octanol–water partition coefficient (Wildman–Crippen LogP) is 1.85. The van der Waals surface area contributed by atoms with E-state index in [1.54, 1.807) is 18.2 Å². The fourth-order valence-electron chi connectivity index (χ4n) is 2.30. The second-order valence-corrected chi connectivity index (χ2v) is 7.81. The number of halogens is 1. The van der Waals surface area contributed by atoms with E-state index in [0.717, 1.165) is 0 Å². The van der Waals surface area contributed by atoms with E-state index in [4.69, 9.17) is 4.74 Å². The van der Waals surface area contributed by atoms with Crippen molar-refractivity contribution in [1.82, 2.24) is 4.31 Å². The van der Waals surface area contributed by atoms with Crippen molar-refractivity contribution < 1.29 is 18.3 Å². The minimum absolute atomic E-state index is 0.0725. The van der Waals surface area contributed by atoms with E-state index in [-0.39, 0.29) is 10.8 Å². The Hall–Kier alpha value is -0.630. The van der Waals surface area contributed by atoms with Gasteiger partial charge in [0, 0.05) is 17.6 Å². The highest BCUT2D eigenvalue weighted by atomic mass is 79.9. The highest BCUT2D eigenvalue weighted by Crippen LogP contribution is 2.31. The van der Waals surface area contributed by atoms with Gasteiger partial charge in [-0.05, 0) is 30.5 Å². The van der Waals surface area contributed by atoms with Crippen LogP contribution >= 0.6 is 15.9 Å². The average Bonchev–Trinajstić information content (AvgIpc) is 2.41. The van der Waals surface area contributed by atoms with Gasteiger partial charge in [-0.3, -0.25) is 0 Å². The van der Waals surface area contributed by atoms with Crippen LogP contribution in [0.15, 0.2) is 27.6 Å². The third-order valence-electron chi connectivity index (χ3n) is 3.57. The Morgan fingerprint density at radius 1 is 1.45 bits per heavy atom. The standard InChI is InChI=1S/C13H18BrNO4S/c1-9-8-15(6-5-11(9)16)20(17,18)13-7-10(14)3-4-12(13)19-2/h3-4,7,9,11,16H,5-6,8H2,1-2H3. The molecular weight excluding hydrogens is 346 g/mol. The van der Waals surface area contributed by atoms with Crippen LogP contribution in [0, 0.1) is 5.92 Å². The van der Waals surface area contributed by atoms with Gasteiger partial charge in [0.15, 0.2) is 0 Å². The number of hydrogen-bond acceptors (Lipinski definition) is 4. The molecule has 0 radical (unpaired) electrons. The fraction of sp³-hybridized carbons (Fsp3) is 0.538. The molecule has 0 aliphatic carbocycles. The van der Waals surface area contributed by atoms with Crippen LogP contribution in [0.5, 0.6) is 5.75 Å². The number of benzene rings is 1. The molecular formula is C13H18BrNO4S. The Bertz CT molecular complexity index is 590. The van der Waals surface area contributed by atoms with Gasteiger partial charge in [0.2, 0.25) is 10.0 Å². The summed E-state index contributed by atoms with van der Waals surface area (Å²) in [5.41, 5.74) is 0. The molecule has 0 bridgehead atoms. The fourth-order valence-corrected chi connectivity index (χ4v) is 4.55. The summed E-state index contributed by atoms with van der Waals surface area (Å²) in [4.78, 5) is 0.151. The zero-order valence-corrected chi connectivity index (χ0v) is 13.8. The van der Waals surface area contributed by atoms with Crippen molar-refractivity contribution in [3.63, 3.8) is 0 Å². The summed E-state index contributed by atoms with van der Waals surface area (Å²) in [6.07, 6.45) is 0.0161. The zero-order chi connectivity index (χ0) is 14.9. The number of hydrogen-bond donors (Lipinski definition) is 1. The summed E-state index contributed by atoms with van der Waals surface area (Å²) in [6.45, 7) is 2.49. The van der Waals surface area contributed by atoms with Crippen molar-refractivity contribution in [3.05, 3.63) is 22.7 Å². The van der Waals surface area contributed by atoms with Crippen LogP contribution in [0.1, 0.15) is 13.3 Å². The molecule has 0 amide bonds. The molecule has 1 aliphatic rings.